The zero-order chi connectivity index (χ0) is 18.5. The number of benzene rings is 1. The van der Waals surface area contributed by atoms with Gasteiger partial charge in [-0.1, -0.05) is 19.4 Å². The molecule has 0 unspecified atom stereocenters. The molecule has 134 valence electrons. The average Bonchev–Trinajstić information content (AvgIpc) is 3.05. The third kappa shape index (κ3) is 4.02. The molecule has 0 spiro atoms. The number of ether oxygens (including phenoxy) is 1. The summed E-state index contributed by atoms with van der Waals surface area (Å²) in [7, 11) is 0. The third-order valence-electron chi connectivity index (χ3n) is 3.81. The molecular weight excluding hydrogens is 348 g/mol. The molecule has 2 aromatic heterocycles. The number of nitrogens with one attached hydrogen (secondary N) is 3. The molecule has 7 nitrogen and oxygen atoms in total. The Bertz CT molecular complexity index is 935. The van der Waals surface area contributed by atoms with Gasteiger partial charge in [0.25, 0.3) is 0 Å². The fourth-order valence-electron chi connectivity index (χ4n) is 2.49. The molecule has 3 aromatic rings. The summed E-state index contributed by atoms with van der Waals surface area (Å²) in [4.78, 5) is 12.0. The van der Waals surface area contributed by atoms with E-state index in [1.165, 1.54) is 0 Å². The molecule has 2 heterocycles. The number of unbranched alkanes of at least 4 members (excludes halogenated alkanes) is 1. The van der Waals surface area contributed by atoms with E-state index in [0.29, 0.717) is 18.1 Å². The van der Waals surface area contributed by atoms with Crippen molar-refractivity contribution in [2.24, 2.45) is 5.73 Å². The lowest BCUT2D eigenvalue weighted by Crippen LogP contribution is -2.08. The summed E-state index contributed by atoms with van der Waals surface area (Å²) >= 11 is 0.921. The minimum absolute atomic E-state index is 0.103. The Morgan fingerprint density at radius 1 is 1.27 bits per heavy atom. The van der Waals surface area contributed by atoms with E-state index in [1.807, 2.05) is 24.4 Å². The molecule has 0 atom stereocenters. The van der Waals surface area contributed by atoms with E-state index in [1.54, 1.807) is 12.4 Å². The molecule has 0 saturated carbocycles. The van der Waals surface area contributed by atoms with Crippen LogP contribution in [0.4, 0.5) is 0 Å². The van der Waals surface area contributed by atoms with Gasteiger partial charge in [-0.3, -0.25) is 10.8 Å². The van der Waals surface area contributed by atoms with Crippen LogP contribution in [0, 0.1) is 10.8 Å². The normalized spacial score (nSPS) is 10.8. The number of hydrogen-bond acceptors (Lipinski definition) is 6. The van der Waals surface area contributed by atoms with Gasteiger partial charge in [0.15, 0.2) is 5.17 Å². The molecule has 8 heteroatoms. The molecule has 26 heavy (non-hydrogen) atoms. The van der Waals surface area contributed by atoms with Gasteiger partial charge in [0.1, 0.15) is 5.04 Å². The molecule has 1 aromatic carbocycles. The minimum atomic E-state index is -0.103. The minimum Gasteiger partial charge on any atom is -0.477 e. The molecule has 0 aliphatic carbocycles. The second-order valence-corrected chi connectivity index (χ2v) is 6.75. The van der Waals surface area contributed by atoms with Gasteiger partial charge in [-0.25, -0.2) is 9.97 Å². The summed E-state index contributed by atoms with van der Waals surface area (Å²) in [5.74, 6) is 0.516. The first kappa shape index (κ1) is 17.9. The molecule has 5 N–H and O–H groups in total. The number of fused-ring (bicyclic) bond motifs is 1. The van der Waals surface area contributed by atoms with Crippen molar-refractivity contribution in [1.82, 2.24) is 15.0 Å². The van der Waals surface area contributed by atoms with Crippen molar-refractivity contribution in [3.63, 3.8) is 0 Å². The maximum absolute atomic E-state index is 8.06. The van der Waals surface area contributed by atoms with Gasteiger partial charge in [-0.2, -0.15) is 0 Å². The van der Waals surface area contributed by atoms with E-state index >= 15 is 0 Å². The Morgan fingerprint density at radius 3 is 2.81 bits per heavy atom. The number of nitrogens with zero attached hydrogens (tertiary/aromatic N) is 2. The van der Waals surface area contributed by atoms with Gasteiger partial charge in [0.2, 0.25) is 5.88 Å². The lowest BCUT2D eigenvalue weighted by Gasteiger charge is -2.05. The van der Waals surface area contributed by atoms with E-state index in [-0.39, 0.29) is 10.2 Å². The molecule has 0 radical (unpaired) electrons. The van der Waals surface area contributed by atoms with Crippen molar-refractivity contribution in [2.75, 3.05) is 6.61 Å². The maximum atomic E-state index is 8.06. The summed E-state index contributed by atoms with van der Waals surface area (Å²) in [5.41, 5.74) is 8.63. The smallest absolute Gasteiger partial charge is 0.232 e. The maximum Gasteiger partial charge on any atom is 0.232 e. The van der Waals surface area contributed by atoms with Gasteiger partial charge in [-0.15, -0.1) is 0 Å². The SMILES string of the molecule is CCCCOc1cnc(-c2c[nH]c3ccc(C(=N)SC(=N)N)cc23)cn1. The fourth-order valence-corrected chi connectivity index (χ4v) is 2.96. The Kier molecular flexibility index (Phi) is 5.52. The molecular formula is C18H20N6OS. The summed E-state index contributed by atoms with van der Waals surface area (Å²) in [6.07, 6.45) is 7.24. The largest absolute Gasteiger partial charge is 0.477 e. The van der Waals surface area contributed by atoms with Crippen LogP contribution in [0.15, 0.2) is 36.8 Å². The van der Waals surface area contributed by atoms with E-state index in [9.17, 15) is 0 Å². The number of hydrogen-bond donors (Lipinski definition) is 4. The van der Waals surface area contributed by atoms with Crippen LogP contribution in [0.3, 0.4) is 0 Å². The van der Waals surface area contributed by atoms with Crippen LogP contribution in [0.25, 0.3) is 22.2 Å². The van der Waals surface area contributed by atoms with Crippen molar-refractivity contribution in [3.05, 3.63) is 42.4 Å². The Hall–Kier alpha value is -2.87. The third-order valence-corrected chi connectivity index (χ3v) is 4.47. The lowest BCUT2D eigenvalue weighted by atomic mass is 10.1. The first-order chi connectivity index (χ1) is 12.6. The zero-order valence-corrected chi connectivity index (χ0v) is 15.2. The number of H-pyrrole nitrogens is 1. The number of aromatic nitrogens is 3. The van der Waals surface area contributed by atoms with Gasteiger partial charge < -0.3 is 15.5 Å². The Balaban J connectivity index is 1.87. The van der Waals surface area contributed by atoms with Crippen LogP contribution in [0.1, 0.15) is 25.3 Å². The van der Waals surface area contributed by atoms with Crippen LogP contribution in [0.5, 0.6) is 5.88 Å². The highest BCUT2D eigenvalue weighted by molar-refractivity contribution is 8.26. The standard InChI is InChI=1S/C18H20N6OS/c1-2-3-6-25-16-10-23-15(9-24-16)13-8-22-14-5-4-11(7-12(13)14)17(19)26-18(20)21/h4-5,7-10,19,22H,2-3,6H2,1H3,(H3,20,21). The predicted molar refractivity (Wildman–Crippen MR) is 106 cm³/mol. The second-order valence-electron chi connectivity index (χ2n) is 5.70. The van der Waals surface area contributed by atoms with Crippen LogP contribution < -0.4 is 10.5 Å². The van der Waals surface area contributed by atoms with Crippen molar-refractivity contribution in [1.29, 1.82) is 10.8 Å². The van der Waals surface area contributed by atoms with Crippen molar-refractivity contribution in [2.45, 2.75) is 19.8 Å². The van der Waals surface area contributed by atoms with Gasteiger partial charge >= 0.3 is 0 Å². The van der Waals surface area contributed by atoms with Gasteiger partial charge in [0, 0.05) is 28.2 Å². The molecule has 0 fully saturated rings. The number of amidine groups is 1. The van der Waals surface area contributed by atoms with Crippen molar-refractivity contribution < 1.29 is 4.74 Å². The molecule has 0 amide bonds. The fraction of sp³-hybridized carbons (Fsp3) is 0.222. The van der Waals surface area contributed by atoms with Crippen LogP contribution in [-0.2, 0) is 0 Å². The highest BCUT2D eigenvalue weighted by atomic mass is 32.2. The number of thioether (sulfide) groups is 1. The highest BCUT2D eigenvalue weighted by Gasteiger charge is 2.11. The monoisotopic (exact) mass is 368 g/mol. The number of aromatic amines is 1. The van der Waals surface area contributed by atoms with E-state index in [2.05, 4.69) is 21.9 Å². The summed E-state index contributed by atoms with van der Waals surface area (Å²) in [5, 5.41) is 16.5. The molecule has 0 saturated heterocycles. The number of rotatable bonds is 6. The molecule has 0 aliphatic rings. The average molecular weight is 368 g/mol. The van der Waals surface area contributed by atoms with Gasteiger partial charge in [0.05, 0.1) is 24.7 Å². The quantitative estimate of drug-likeness (QED) is 0.299. The van der Waals surface area contributed by atoms with Gasteiger partial charge in [-0.05, 0) is 30.3 Å². The van der Waals surface area contributed by atoms with Crippen molar-refractivity contribution in [3.8, 4) is 17.1 Å². The van der Waals surface area contributed by atoms with E-state index in [4.69, 9.17) is 21.3 Å². The summed E-state index contributed by atoms with van der Waals surface area (Å²) < 4.78 is 5.55. The summed E-state index contributed by atoms with van der Waals surface area (Å²) in [6.45, 7) is 2.74. The summed E-state index contributed by atoms with van der Waals surface area (Å²) in [6, 6.07) is 5.63. The lowest BCUT2D eigenvalue weighted by molar-refractivity contribution is 0.296. The molecule has 0 aliphatic heterocycles. The molecule has 3 rings (SSSR count). The van der Waals surface area contributed by atoms with Crippen LogP contribution in [0.2, 0.25) is 0 Å². The van der Waals surface area contributed by atoms with Crippen molar-refractivity contribution >= 4 is 32.9 Å². The first-order valence-electron chi connectivity index (χ1n) is 8.25. The Morgan fingerprint density at radius 2 is 2.12 bits per heavy atom. The number of nitrogens with two attached hydrogens (primary N) is 1. The predicted octanol–water partition coefficient (Wildman–Crippen LogP) is 3.76. The Labute approximate surface area is 155 Å². The van der Waals surface area contributed by atoms with Crippen LogP contribution in [-0.4, -0.2) is 31.8 Å². The topological polar surface area (TPSA) is 125 Å². The van der Waals surface area contributed by atoms with E-state index < -0.39 is 0 Å². The molecule has 0 bridgehead atoms. The second kappa shape index (κ2) is 8.01. The van der Waals surface area contributed by atoms with Crippen LogP contribution >= 0.6 is 11.8 Å². The zero-order valence-electron chi connectivity index (χ0n) is 14.4. The highest BCUT2D eigenvalue weighted by Crippen LogP contribution is 2.29. The first-order valence-corrected chi connectivity index (χ1v) is 9.07. The van der Waals surface area contributed by atoms with E-state index in [0.717, 1.165) is 46.8 Å².